The fourth-order valence-electron chi connectivity index (χ4n) is 4.54. The summed E-state index contributed by atoms with van der Waals surface area (Å²) in [7, 11) is -10.8. The molecule has 4 rings (SSSR count). The minimum atomic E-state index is -5.54. The van der Waals surface area contributed by atoms with Crippen molar-refractivity contribution in [3.8, 4) is 11.5 Å². The van der Waals surface area contributed by atoms with Crippen LogP contribution in [-0.4, -0.2) is 79.7 Å². The van der Waals surface area contributed by atoms with Crippen LogP contribution in [0.4, 0.5) is 15.4 Å². The third-order valence-corrected chi connectivity index (χ3v) is 9.73. The van der Waals surface area contributed by atoms with E-state index in [9.17, 15) is 42.9 Å². The second-order valence-corrected chi connectivity index (χ2v) is 14.2. The minimum Gasteiger partial charge on any atom is -0.481 e. The number of aromatic nitrogens is 2. The van der Waals surface area contributed by atoms with E-state index in [1.807, 2.05) is 6.92 Å². The summed E-state index contributed by atoms with van der Waals surface area (Å²) in [4.78, 5) is 86.0. The number of hydrogen-bond donors (Lipinski definition) is 4. The molecule has 1 saturated heterocycles. The average molecular weight is 770 g/mol. The Morgan fingerprint density at radius 1 is 0.904 bits per heavy atom. The molecule has 6 atom stereocenters. The monoisotopic (exact) mass is 769 g/mol. The normalized spacial score (nSPS) is 20.4. The van der Waals surface area contributed by atoms with Crippen molar-refractivity contribution in [3.63, 3.8) is 0 Å². The van der Waals surface area contributed by atoms with Gasteiger partial charge in [0.25, 0.3) is 0 Å². The number of carbonyl (C=O) groups excluding carboxylic acids is 3. The maximum absolute atomic E-state index is 13.3. The first kappa shape index (κ1) is 39.8. The summed E-state index contributed by atoms with van der Waals surface area (Å²) in [5, 5.41) is 11.3. The highest BCUT2D eigenvalue weighted by Crippen LogP contribution is 2.60. The molecule has 3 aromatic rings. The van der Waals surface area contributed by atoms with Crippen LogP contribution in [0.3, 0.4) is 0 Å². The van der Waals surface area contributed by atoms with Crippen molar-refractivity contribution >= 4 is 45.4 Å². The Morgan fingerprint density at radius 2 is 1.48 bits per heavy atom. The van der Waals surface area contributed by atoms with Crippen molar-refractivity contribution in [3.05, 3.63) is 83.4 Å². The number of anilines is 1. The Hall–Kier alpha value is -4.94. The predicted octanol–water partition coefficient (Wildman–Crippen LogP) is 3.84. The first-order chi connectivity index (χ1) is 24.6. The van der Waals surface area contributed by atoms with Crippen LogP contribution < -0.4 is 20.5 Å². The largest absolute Gasteiger partial charge is 0.514 e. The lowest BCUT2D eigenvalue weighted by Crippen LogP contribution is -2.43. The molecule has 1 aliphatic rings. The molecule has 4 N–H and O–H groups in total. The van der Waals surface area contributed by atoms with Gasteiger partial charge in [-0.3, -0.25) is 23.2 Å². The molecule has 1 amide bonds. The van der Waals surface area contributed by atoms with Crippen LogP contribution in [-0.2, 0) is 41.8 Å². The molecular formula is C30H33N3O17P2. The van der Waals surface area contributed by atoms with Crippen molar-refractivity contribution < 1.29 is 75.7 Å². The van der Waals surface area contributed by atoms with E-state index in [1.165, 1.54) is 42.5 Å². The Labute approximate surface area is 294 Å². The highest BCUT2D eigenvalue weighted by atomic mass is 31.3. The number of nitrogens with zero attached hydrogens (tertiary/aromatic N) is 2. The Morgan fingerprint density at radius 3 is 2.02 bits per heavy atom. The quantitative estimate of drug-likeness (QED) is 0.0915. The number of carboxylic acid groups (broad SMARTS) is 1. The molecule has 2 aromatic carbocycles. The summed E-state index contributed by atoms with van der Waals surface area (Å²) < 4.78 is 61.5. The van der Waals surface area contributed by atoms with Crippen molar-refractivity contribution in [1.82, 2.24) is 9.55 Å². The van der Waals surface area contributed by atoms with Gasteiger partial charge in [-0.25, -0.2) is 23.3 Å². The second-order valence-electron chi connectivity index (χ2n) is 10.7. The Bertz CT molecular complexity index is 1880. The zero-order valence-corrected chi connectivity index (χ0v) is 28.9. The highest BCUT2D eigenvalue weighted by molar-refractivity contribution is 7.64. The molecule has 0 spiro atoms. The number of hydrogen-bond acceptors (Lipinski definition) is 15. The highest BCUT2D eigenvalue weighted by Gasteiger charge is 2.53. The van der Waals surface area contributed by atoms with Crippen LogP contribution in [0, 0.1) is 0 Å². The number of carbonyl (C=O) groups is 4. The Balaban J connectivity index is 1.67. The van der Waals surface area contributed by atoms with E-state index in [0.29, 0.717) is 6.42 Å². The molecule has 1 fully saturated rings. The van der Waals surface area contributed by atoms with Gasteiger partial charge in [-0.2, -0.15) is 4.98 Å². The minimum absolute atomic E-state index is 0.0131. The van der Waals surface area contributed by atoms with Gasteiger partial charge in [-0.1, -0.05) is 49.7 Å². The number of unbranched alkanes of at least 4 members (excludes halogenated alkanes) is 1. The predicted molar refractivity (Wildman–Crippen MR) is 174 cm³/mol. The Kier molecular flexibility index (Phi) is 13.8. The summed E-state index contributed by atoms with van der Waals surface area (Å²) in [6, 6.07) is 16.3. The molecule has 0 bridgehead atoms. The third kappa shape index (κ3) is 12.1. The first-order valence-corrected chi connectivity index (χ1v) is 18.5. The van der Waals surface area contributed by atoms with Crippen LogP contribution in [0.5, 0.6) is 11.5 Å². The van der Waals surface area contributed by atoms with Gasteiger partial charge in [0.15, 0.2) is 18.4 Å². The number of para-hydroxylation sites is 2. The van der Waals surface area contributed by atoms with Crippen LogP contribution in [0.1, 0.15) is 32.4 Å². The van der Waals surface area contributed by atoms with Gasteiger partial charge in [-0.15, -0.1) is 0 Å². The summed E-state index contributed by atoms with van der Waals surface area (Å²) in [5.74, 6) is -2.33. The number of phosphoric ester groups is 1. The second kappa shape index (κ2) is 18.0. The van der Waals surface area contributed by atoms with E-state index in [-0.39, 0.29) is 23.7 Å². The molecule has 0 saturated carbocycles. The first-order valence-electron chi connectivity index (χ1n) is 15.3. The van der Waals surface area contributed by atoms with Crippen LogP contribution in [0.15, 0.2) is 77.7 Å². The van der Waals surface area contributed by atoms with Crippen molar-refractivity contribution in [1.29, 1.82) is 0 Å². The number of rotatable bonds is 16. The average Bonchev–Trinajstić information content (AvgIpc) is 3.38. The number of phosphoric acid groups is 1. The van der Waals surface area contributed by atoms with Gasteiger partial charge >= 0.3 is 39.4 Å². The van der Waals surface area contributed by atoms with Crippen molar-refractivity contribution in [2.45, 2.75) is 50.7 Å². The fraction of sp³-hybridized carbons (Fsp3) is 0.333. The van der Waals surface area contributed by atoms with Gasteiger partial charge in [0.2, 0.25) is 5.91 Å². The van der Waals surface area contributed by atoms with E-state index in [1.54, 1.807) is 24.3 Å². The number of nitrogens with one attached hydrogen (secondary N) is 1. The van der Waals surface area contributed by atoms with E-state index < -0.39 is 82.6 Å². The van der Waals surface area contributed by atoms with E-state index >= 15 is 0 Å². The molecule has 2 heterocycles. The van der Waals surface area contributed by atoms with Gasteiger partial charge in [0.05, 0.1) is 6.61 Å². The summed E-state index contributed by atoms with van der Waals surface area (Å²) in [6.45, 7) is 0.762. The van der Waals surface area contributed by atoms with E-state index in [4.69, 9.17) is 33.3 Å². The molecule has 22 heteroatoms. The molecular weight excluding hydrogens is 736 g/mol. The molecule has 0 radical (unpaired) electrons. The van der Waals surface area contributed by atoms with Gasteiger partial charge in [-0.05, 0) is 36.8 Å². The summed E-state index contributed by atoms with van der Waals surface area (Å²) in [6.07, 6.45) is -8.92. The summed E-state index contributed by atoms with van der Waals surface area (Å²) >= 11 is 0. The lowest BCUT2D eigenvalue weighted by Gasteiger charge is -2.24. The van der Waals surface area contributed by atoms with Crippen molar-refractivity contribution in [2.75, 3.05) is 18.1 Å². The van der Waals surface area contributed by atoms with Crippen LogP contribution in [0.25, 0.3) is 0 Å². The maximum atomic E-state index is 13.3. The molecule has 1 aromatic heterocycles. The zero-order chi connectivity index (χ0) is 37.9. The molecule has 0 aliphatic carbocycles. The van der Waals surface area contributed by atoms with Gasteiger partial charge in [0.1, 0.15) is 29.6 Å². The van der Waals surface area contributed by atoms with E-state index in [2.05, 4.69) is 14.6 Å². The van der Waals surface area contributed by atoms with Crippen molar-refractivity contribution in [2.24, 2.45) is 0 Å². The topological polar surface area (TPSA) is 275 Å². The molecule has 20 nitrogen and oxygen atoms in total. The molecule has 52 heavy (non-hydrogen) atoms. The van der Waals surface area contributed by atoms with Gasteiger partial charge in [0, 0.05) is 12.6 Å². The standard InChI is InChI=1S/C30H33N3O17P2/c1-2-3-14-23(34)31-22-15-16-33(28(37)32-22)27-26(49-30(39)46-20-12-8-5-9-13-20)25(48-29(38)45-19-10-6-4-7-11-19)21(47-27)17-44-52(42,43)50-51(40,41)18-24(35)36/h4-13,15-16,21,25-27H,2-3,14,17-18H2,1H3,(H,35,36)(H,40,41)(H,42,43)(H,31,32,34,37). The molecule has 280 valence electrons. The number of amides is 1. The van der Waals surface area contributed by atoms with Crippen LogP contribution >= 0.6 is 15.4 Å². The molecule has 1 aliphatic heterocycles. The number of benzene rings is 2. The summed E-state index contributed by atoms with van der Waals surface area (Å²) in [5.41, 5.74) is -1.07. The lowest BCUT2D eigenvalue weighted by molar-refractivity contribution is -0.134. The number of carboxylic acids is 1. The molecule has 6 unspecified atom stereocenters. The zero-order valence-electron chi connectivity index (χ0n) is 27.1. The van der Waals surface area contributed by atoms with Crippen LogP contribution in [0.2, 0.25) is 0 Å². The SMILES string of the molecule is CCCCC(=O)Nc1ccn(C2OC(COP(=O)(O)OP(=O)(O)CC(=O)O)C(OC(=O)Oc3ccccc3)C2OC(=O)Oc2ccccc2)c(=O)n1. The number of ether oxygens (including phenoxy) is 5. The lowest BCUT2D eigenvalue weighted by atomic mass is 10.1. The third-order valence-electron chi connectivity index (χ3n) is 6.74. The van der Waals surface area contributed by atoms with Gasteiger partial charge < -0.3 is 43.9 Å². The fourth-order valence-corrected chi connectivity index (χ4v) is 6.93. The van der Waals surface area contributed by atoms with E-state index in [0.717, 1.165) is 17.2 Å². The maximum Gasteiger partial charge on any atom is 0.514 e. The smallest absolute Gasteiger partial charge is 0.481 e. The number of aliphatic carboxylic acids is 1.